The Kier molecular flexibility index (Phi) is 6.46. The highest BCUT2D eigenvalue weighted by molar-refractivity contribution is 6.73. The summed E-state index contributed by atoms with van der Waals surface area (Å²) in [5, 5.41) is 2.52. The first-order valence-electron chi connectivity index (χ1n) is 16.2. The number of H-pyrrole nitrogens is 1. The molecule has 0 amide bonds. The molecule has 0 aliphatic carbocycles. The molecule has 9 rings (SSSR count). The molecule has 3 nitrogen and oxygen atoms in total. The van der Waals surface area contributed by atoms with Gasteiger partial charge in [0.05, 0.1) is 5.52 Å². The summed E-state index contributed by atoms with van der Waals surface area (Å²) in [6.07, 6.45) is 0. The number of fused-ring (bicyclic) bond motifs is 5. The van der Waals surface area contributed by atoms with E-state index in [1.165, 1.54) is 60.8 Å². The molecule has 8 aromatic rings. The lowest BCUT2D eigenvalue weighted by Crippen LogP contribution is -2.41. The monoisotopic (exact) mass is 601 g/mol. The molecule has 1 aliphatic heterocycles. The summed E-state index contributed by atoms with van der Waals surface area (Å²) in [6, 6.07) is 59.1. The molecule has 7 aromatic carbocycles. The van der Waals surface area contributed by atoms with Gasteiger partial charge >= 0.3 is 0 Å². The minimum Gasteiger partial charge on any atom is -0.354 e. The molecule has 222 valence electrons. The van der Waals surface area contributed by atoms with E-state index < -0.39 is 0 Å². The number of para-hydroxylation sites is 5. The zero-order valence-electron chi connectivity index (χ0n) is 26.2. The molecule has 0 unspecified atom stereocenters. The van der Waals surface area contributed by atoms with Gasteiger partial charge in [-0.05, 0) is 90.2 Å². The van der Waals surface area contributed by atoms with Crippen molar-refractivity contribution in [2.75, 3.05) is 9.80 Å². The Morgan fingerprint density at radius 3 is 1.94 bits per heavy atom. The lowest BCUT2D eigenvalue weighted by molar-refractivity contribution is 1.26. The lowest BCUT2D eigenvalue weighted by Gasteiger charge is -2.36. The van der Waals surface area contributed by atoms with E-state index in [0.717, 1.165) is 30.0 Å². The number of rotatable bonds is 5. The van der Waals surface area contributed by atoms with Gasteiger partial charge in [-0.15, -0.1) is 0 Å². The van der Waals surface area contributed by atoms with Crippen LogP contribution in [0, 0.1) is 6.92 Å². The molecule has 1 aromatic heterocycles. The van der Waals surface area contributed by atoms with E-state index in [1.54, 1.807) is 0 Å². The second kappa shape index (κ2) is 11.1. The molecule has 2 heterocycles. The Labute approximate surface area is 275 Å². The minimum absolute atomic E-state index is 0.825. The van der Waals surface area contributed by atoms with E-state index in [1.807, 2.05) is 0 Å². The number of aromatic nitrogens is 1. The first-order valence-corrected chi connectivity index (χ1v) is 16.2. The van der Waals surface area contributed by atoms with E-state index in [0.29, 0.717) is 0 Å². The van der Waals surface area contributed by atoms with Gasteiger partial charge < -0.3 is 14.8 Å². The van der Waals surface area contributed by atoms with Crippen LogP contribution in [0.25, 0.3) is 32.9 Å². The van der Waals surface area contributed by atoms with Gasteiger partial charge in [-0.25, -0.2) is 0 Å². The summed E-state index contributed by atoms with van der Waals surface area (Å²) < 4.78 is 0. The molecular formula is C43H32BN3. The highest BCUT2D eigenvalue weighted by Crippen LogP contribution is 2.41. The molecule has 0 saturated carbocycles. The summed E-state index contributed by atoms with van der Waals surface area (Å²) in [5.74, 6) is 0. The van der Waals surface area contributed by atoms with Crippen molar-refractivity contribution in [2.45, 2.75) is 6.92 Å². The molecule has 0 bridgehead atoms. The fraction of sp³-hybridized carbons (Fsp3) is 0.0233. The van der Waals surface area contributed by atoms with E-state index in [4.69, 9.17) is 0 Å². The van der Waals surface area contributed by atoms with Gasteiger partial charge in [0.25, 0.3) is 0 Å². The van der Waals surface area contributed by atoms with Gasteiger partial charge in [-0.3, -0.25) is 0 Å². The van der Waals surface area contributed by atoms with Crippen LogP contribution in [-0.4, -0.2) is 12.3 Å². The predicted octanol–water partition coefficient (Wildman–Crippen LogP) is 9.94. The van der Waals surface area contributed by atoms with Gasteiger partial charge in [-0.2, -0.15) is 0 Å². The molecule has 4 heteroatoms. The molecule has 0 spiro atoms. The van der Waals surface area contributed by atoms with Crippen LogP contribution in [0.15, 0.2) is 164 Å². The average Bonchev–Trinajstić information content (AvgIpc) is 3.51. The van der Waals surface area contributed by atoms with Crippen LogP contribution < -0.4 is 20.7 Å². The third-order valence-corrected chi connectivity index (χ3v) is 9.42. The topological polar surface area (TPSA) is 22.3 Å². The predicted molar refractivity (Wildman–Crippen MR) is 202 cm³/mol. The van der Waals surface area contributed by atoms with Crippen LogP contribution in [-0.2, 0) is 0 Å². The van der Waals surface area contributed by atoms with Crippen molar-refractivity contribution in [3.63, 3.8) is 0 Å². The molecule has 0 saturated heterocycles. The van der Waals surface area contributed by atoms with Crippen molar-refractivity contribution in [1.82, 2.24) is 4.98 Å². The first-order chi connectivity index (χ1) is 23.2. The molecular weight excluding hydrogens is 569 g/mol. The fourth-order valence-electron chi connectivity index (χ4n) is 7.37. The van der Waals surface area contributed by atoms with E-state index >= 15 is 0 Å². The highest BCUT2D eigenvalue weighted by atomic mass is 15.2. The quantitative estimate of drug-likeness (QED) is 0.198. The maximum absolute atomic E-state index is 3.77. The summed E-state index contributed by atoms with van der Waals surface area (Å²) in [7, 11) is 0.825. The maximum atomic E-state index is 3.77. The summed E-state index contributed by atoms with van der Waals surface area (Å²) >= 11 is 0. The van der Waals surface area contributed by atoms with Crippen LogP contribution in [0.4, 0.5) is 34.1 Å². The van der Waals surface area contributed by atoms with Crippen molar-refractivity contribution in [3.05, 3.63) is 169 Å². The standard InChI is InChI=1S/C43H32BN3/c1-29-26-37(36-22-13-21-35-34-20-11-12-23-39(34)45-43(35)36)42-41(27-29)47(32-18-9-4-10-19-32)40-25-24-33(28-38(40)44-42)46(30-14-5-2-6-15-30)31-16-7-3-8-17-31/h2-28,44-45H,1H3. The zero-order chi connectivity index (χ0) is 31.3. The van der Waals surface area contributed by atoms with Crippen LogP contribution in [0.1, 0.15) is 5.56 Å². The summed E-state index contributed by atoms with van der Waals surface area (Å²) in [6.45, 7) is 2.22. The fourth-order valence-corrected chi connectivity index (χ4v) is 7.37. The highest BCUT2D eigenvalue weighted by Gasteiger charge is 2.29. The number of anilines is 6. The molecule has 0 atom stereocenters. The van der Waals surface area contributed by atoms with Crippen molar-refractivity contribution >= 4 is 74.1 Å². The number of hydrogen-bond donors (Lipinski definition) is 1. The Morgan fingerprint density at radius 1 is 0.532 bits per heavy atom. The van der Waals surface area contributed by atoms with E-state index in [-0.39, 0.29) is 0 Å². The first kappa shape index (κ1) is 27.3. The largest absolute Gasteiger partial charge is 0.354 e. The van der Waals surface area contributed by atoms with Crippen LogP contribution in [0.5, 0.6) is 0 Å². The Morgan fingerprint density at radius 2 is 1.19 bits per heavy atom. The number of nitrogens with one attached hydrogen (secondary N) is 1. The average molecular weight is 602 g/mol. The lowest BCUT2D eigenvalue weighted by atomic mass is 9.58. The third-order valence-electron chi connectivity index (χ3n) is 9.42. The molecule has 1 N–H and O–H groups in total. The molecule has 0 radical (unpaired) electrons. The van der Waals surface area contributed by atoms with Crippen LogP contribution >= 0.6 is 0 Å². The number of aryl methyl sites for hydroxylation is 1. The van der Waals surface area contributed by atoms with Gasteiger partial charge in [0.1, 0.15) is 0 Å². The molecule has 47 heavy (non-hydrogen) atoms. The minimum atomic E-state index is 0.825. The molecule has 1 aliphatic rings. The number of aromatic amines is 1. The SMILES string of the molecule is Cc1cc(-c2cccc3c2[nH]c2ccccc23)c2c(c1)N(c1ccccc1)c1ccc(N(c3ccccc3)c3ccccc3)cc1B2. The second-order valence-corrected chi connectivity index (χ2v) is 12.4. The van der Waals surface area contributed by atoms with Crippen molar-refractivity contribution < 1.29 is 0 Å². The van der Waals surface area contributed by atoms with Crippen LogP contribution in [0.2, 0.25) is 0 Å². The Balaban J connectivity index is 1.27. The number of nitrogens with zero attached hydrogens (tertiary/aromatic N) is 2. The Hall–Kier alpha value is -6.00. The van der Waals surface area contributed by atoms with Crippen molar-refractivity contribution in [2.24, 2.45) is 0 Å². The number of benzene rings is 7. The number of hydrogen-bond acceptors (Lipinski definition) is 2. The molecule has 0 fully saturated rings. The van der Waals surface area contributed by atoms with Gasteiger partial charge in [0.15, 0.2) is 7.28 Å². The normalized spacial score (nSPS) is 12.1. The van der Waals surface area contributed by atoms with Crippen molar-refractivity contribution in [3.8, 4) is 11.1 Å². The van der Waals surface area contributed by atoms with Gasteiger partial charge in [0.2, 0.25) is 0 Å². The summed E-state index contributed by atoms with van der Waals surface area (Å²) in [5.41, 5.74) is 15.8. The van der Waals surface area contributed by atoms with Crippen LogP contribution in [0.3, 0.4) is 0 Å². The maximum Gasteiger partial charge on any atom is 0.198 e. The third kappa shape index (κ3) is 4.61. The van der Waals surface area contributed by atoms with Gasteiger partial charge in [-0.1, -0.05) is 103 Å². The zero-order valence-corrected chi connectivity index (χ0v) is 26.2. The Bertz CT molecular complexity index is 2360. The second-order valence-electron chi connectivity index (χ2n) is 12.4. The summed E-state index contributed by atoms with van der Waals surface area (Å²) in [4.78, 5) is 8.58. The smallest absolute Gasteiger partial charge is 0.198 e. The van der Waals surface area contributed by atoms with E-state index in [9.17, 15) is 0 Å². The van der Waals surface area contributed by atoms with E-state index in [2.05, 4.69) is 185 Å². The van der Waals surface area contributed by atoms with Crippen molar-refractivity contribution in [1.29, 1.82) is 0 Å². The van der Waals surface area contributed by atoms with Gasteiger partial charge in [0, 0.05) is 56.0 Å².